The van der Waals surface area contributed by atoms with Crippen LogP contribution in [0.4, 0.5) is 0 Å². The molecule has 1 N–H and O–H groups in total. The Morgan fingerprint density at radius 2 is 2.28 bits per heavy atom. The van der Waals surface area contributed by atoms with Crippen LogP contribution in [-0.4, -0.2) is 26.5 Å². The maximum Gasteiger partial charge on any atom is 0.175 e. The highest BCUT2D eigenvalue weighted by molar-refractivity contribution is 5.28. The first-order chi connectivity index (χ1) is 8.74. The van der Waals surface area contributed by atoms with Gasteiger partial charge in [0.1, 0.15) is 0 Å². The summed E-state index contributed by atoms with van der Waals surface area (Å²) in [6.45, 7) is 7.38. The van der Waals surface area contributed by atoms with Crippen molar-refractivity contribution in [2.24, 2.45) is 0 Å². The molecule has 96 valence electrons. The van der Waals surface area contributed by atoms with Crippen LogP contribution in [0.25, 0.3) is 5.82 Å². The molecule has 5 nitrogen and oxygen atoms in total. The van der Waals surface area contributed by atoms with Crippen LogP contribution in [0.5, 0.6) is 0 Å². The predicted octanol–water partition coefficient (Wildman–Crippen LogP) is 2.03. The molecule has 2 heterocycles. The third-order valence-corrected chi connectivity index (χ3v) is 2.99. The maximum atomic E-state index is 4.39. The summed E-state index contributed by atoms with van der Waals surface area (Å²) in [4.78, 5) is 0. The molecule has 5 heteroatoms. The lowest BCUT2D eigenvalue weighted by molar-refractivity contribution is 0.568. The third kappa shape index (κ3) is 2.56. The average molecular weight is 245 g/mol. The fourth-order valence-electron chi connectivity index (χ4n) is 1.96. The highest BCUT2D eigenvalue weighted by Gasteiger charge is 2.13. The lowest BCUT2D eigenvalue weighted by Gasteiger charge is -2.12. The maximum absolute atomic E-state index is 4.39. The van der Waals surface area contributed by atoms with Crippen LogP contribution >= 0.6 is 0 Å². The minimum Gasteiger partial charge on any atom is -0.310 e. The van der Waals surface area contributed by atoms with Gasteiger partial charge in [-0.1, -0.05) is 6.92 Å². The first-order valence-electron chi connectivity index (χ1n) is 6.30. The summed E-state index contributed by atoms with van der Waals surface area (Å²) >= 11 is 0. The zero-order valence-corrected chi connectivity index (χ0v) is 11.1. The van der Waals surface area contributed by atoms with E-state index in [2.05, 4.69) is 41.4 Å². The normalized spacial score (nSPS) is 12.6. The largest absolute Gasteiger partial charge is 0.310 e. The van der Waals surface area contributed by atoms with E-state index in [0.29, 0.717) is 6.04 Å². The van der Waals surface area contributed by atoms with Crippen molar-refractivity contribution in [2.45, 2.75) is 33.2 Å². The van der Waals surface area contributed by atoms with Crippen molar-refractivity contribution in [3.05, 3.63) is 35.8 Å². The van der Waals surface area contributed by atoms with Gasteiger partial charge in [0.25, 0.3) is 0 Å². The van der Waals surface area contributed by atoms with Crippen LogP contribution < -0.4 is 5.32 Å². The molecule has 2 rings (SSSR count). The van der Waals surface area contributed by atoms with E-state index in [1.165, 1.54) is 5.56 Å². The molecule has 0 spiro atoms. The van der Waals surface area contributed by atoms with Gasteiger partial charge in [0.15, 0.2) is 5.82 Å². The molecule has 0 saturated carbocycles. The molecular weight excluding hydrogens is 226 g/mol. The summed E-state index contributed by atoms with van der Waals surface area (Å²) in [5.41, 5.74) is 2.31. The monoisotopic (exact) mass is 245 g/mol. The van der Waals surface area contributed by atoms with E-state index in [0.717, 1.165) is 24.5 Å². The molecule has 0 aliphatic rings. The van der Waals surface area contributed by atoms with Crippen molar-refractivity contribution in [3.63, 3.8) is 0 Å². The highest BCUT2D eigenvalue weighted by Crippen LogP contribution is 2.18. The van der Waals surface area contributed by atoms with Gasteiger partial charge < -0.3 is 5.32 Å². The topological polar surface area (TPSA) is 55.6 Å². The van der Waals surface area contributed by atoms with Gasteiger partial charge in [0, 0.05) is 23.5 Å². The van der Waals surface area contributed by atoms with Crippen LogP contribution in [-0.2, 0) is 0 Å². The quantitative estimate of drug-likeness (QED) is 0.875. The molecule has 0 radical (unpaired) electrons. The second-order valence-electron chi connectivity index (χ2n) is 4.35. The minimum atomic E-state index is 0.301. The summed E-state index contributed by atoms with van der Waals surface area (Å²) in [5, 5.41) is 15.8. The summed E-state index contributed by atoms with van der Waals surface area (Å²) in [6, 6.07) is 4.07. The Bertz CT molecular complexity index is 491. The predicted molar refractivity (Wildman–Crippen MR) is 70.6 cm³/mol. The van der Waals surface area contributed by atoms with E-state index in [4.69, 9.17) is 0 Å². The zero-order chi connectivity index (χ0) is 13.0. The molecular formula is C13H19N5. The number of nitrogens with one attached hydrogen (secondary N) is 1. The molecule has 0 amide bonds. The molecule has 0 aliphatic carbocycles. The van der Waals surface area contributed by atoms with E-state index in [-0.39, 0.29) is 0 Å². The van der Waals surface area contributed by atoms with Crippen molar-refractivity contribution in [3.8, 4) is 5.82 Å². The van der Waals surface area contributed by atoms with Crippen molar-refractivity contribution < 1.29 is 0 Å². The van der Waals surface area contributed by atoms with Crippen LogP contribution in [0, 0.1) is 6.92 Å². The van der Waals surface area contributed by atoms with E-state index in [9.17, 15) is 0 Å². The highest BCUT2D eigenvalue weighted by atomic mass is 15.3. The van der Waals surface area contributed by atoms with E-state index in [1.54, 1.807) is 6.20 Å². The van der Waals surface area contributed by atoms with Gasteiger partial charge in [0.2, 0.25) is 0 Å². The number of hydrogen-bond acceptors (Lipinski definition) is 4. The number of rotatable bonds is 5. The van der Waals surface area contributed by atoms with E-state index < -0.39 is 0 Å². The average Bonchev–Trinajstić information content (AvgIpc) is 2.79. The van der Waals surface area contributed by atoms with E-state index in [1.807, 2.05) is 23.0 Å². The SMILES string of the molecule is CCCNC(C)c1cnn(-c2cccnn2)c1C. The van der Waals surface area contributed by atoms with Gasteiger partial charge in [-0.15, -0.1) is 5.10 Å². The molecule has 0 aliphatic heterocycles. The van der Waals surface area contributed by atoms with Crippen molar-refractivity contribution in [1.29, 1.82) is 0 Å². The first-order valence-corrected chi connectivity index (χ1v) is 6.30. The zero-order valence-electron chi connectivity index (χ0n) is 11.1. The molecule has 2 aromatic heterocycles. The Labute approximate surface area is 107 Å². The molecule has 0 aromatic carbocycles. The molecule has 0 saturated heterocycles. The number of nitrogens with zero attached hydrogens (tertiary/aromatic N) is 4. The van der Waals surface area contributed by atoms with Crippen LogP contribution in [0.3, 0.4) is 0 Å². The fraction of sp³-hybridized carbons (Fsp3) is 0.462. The summed E-state index contributed by atoms with van der Waals surface area (Å²) < 4.78 is 1.83. The molecule has 1 atom stereocenters. The third-order valence-electron chi connectivity index (χ3n) is 2.99. The smallest absolute Gasteiger partial charge is 0.175 e. The Balaban J connectivity index is 2.24. The lowest BCUT2D eigenvalue weighted by Crippen LogP contribution is -2.19. The summed E-state index contributed by atoms with van der Waals surface area (Å²) in [5.74, 6) is 0.754. The standard InChI is InChI=1S/C13H19N5/c1-4-7-14-10(2)12-9-16-18(11(12)3)13-6-5-8-15-17-13/h5-6,8-10,14H,4,7H2,1-3H3. The second-order valence-corrected chi connectivity index (χ2v) is 4.35. The summed E-state index contributed by atoms with van der Waals surface area (Å²) in [6.07, 6.45) is 4.69. The van der Waals surface area contributed by atoms with Gasteiger partial charge in [0.05, 0.1) is 6.20 Å². The van der Waals surface area contributed by atoms with Gasteiger partial charge in [-0.3, -0.25) is 0 Å². The lowest BCUT2D eigenvalue weighted by atomic mass is 10.1. The first kappa shape index (κ1) is 12.7. The molecule has 2 aromatic rings. The molecule has 18 heavy (non-hydrogen) atoms. The van der Waals surface area contributed by atoms with Crippen molar-refractivity contribution in [2.75, 3.05) is 6.54 Å². The molecule has 0 bridgehead atoms. The van der Waals surface area contributed by atoms with Gasteiger partial charge in [-0.25, -0.2) is 4.68 Å². The van der Waals surface area contributed by atoms with Crippen LogP contribution in [0.15, 0.2) is 24.5 Å². The van der Waals surface area contributed by atoms with Crippen molar-refractivity contribution in [1.82, 2.24) is 25.3 Å². The van der Waals surface area contributed by atoms with Gasteiger partial charge in [-0.2, -0.15) is 10.2 Å². The Kier molecular flexibility index (Phi) is 4.04. The van der Waals surface area contributed by atoms with Gasteiger partial charge in [-0.05, 0) is 38.9 Å². The fourth-order valence-corrected chi connectivity index (χ4v) is 1.96. The Morgan fingerprint density at radius 1 is 1.44 bits per heavy atom. The second kappa shape index (κ2) is 5.73. The van der Waals surface area contributed by atoms with Crippen LogP contribution in [0.1, 0.15) is 37.6 Å². The molecule has 0 fully saturated rings. The number of hydrogen-bond donors (Lipinski definition) is 1. The molecule has 1 unspecified atom stereocenters. The van der Waals surface area contributed by atoms with Crippen LogP contribution in [0.2, 0.25) is 0 Å². The Hall–Kier alpha value is -1.75. The Morgan fingerprint density at radius 3 is 2.94 bits per heavy atom. The number of aromatic nitrogens is 4. The van der Waals surface area contributed by atoms with Crippen molar-refractivity contribution >= 4 is 0 Å². The van der Waals surface area contributed by atoms with E-state index >= 15 is 0 Å². The summed E-state index contributed by atoms with van der Waals surface area (Å²) in [7, 11) is 0. The minimum absolute atomic E-state index is 0.301. The van der Waals surface area contributed by atoms with Gasteiger partial charge >= 0.3 is 0 Å².